The predicted octanol–water partition coefficient (Wildman–Crippen LogP) is 6.15. The van der Waals surface area contributed by atoms with Gasteiger partial charge in [-0.15, -0.1) is 0 Å². The molecule has 3 heteroatoms. The minimum Gasteiger partial charge on any atom is -0.351 e. The van der Waals surface area contributed by atoms with Gasteiger partial charge in [-0.1, -0.05) is 67.1 Å². The fourth-order valence-corrected chi connectivity index (χ4v) is 4.24. The lowest BCUT2D eigenvalue weighted by Crippen LogP contribution is -2.27. The Morgan fingerprint density at radius 2 is 1.71 bits per heavy atom. The summed E-state index contributed by atoms with van der Waals surface area (Å²) in [5, 5.41) is 4.25. The summed E-state index contributed by atoms with van der Waals surface area (Å²) < 4.78 is 2.35. The summed E-state index contributed by atoms with van der Waals surface area (Å²) in [6.07, 6.45) is 0. The molecular formula is C28H30N2O. The molecule has 0 fully saturated rings. The zero-order valence-corrected chi connectivity index (χ0v) is 18.8. The highest BCUT2D eigenvalue weighted by Gasteiger charge is 2.15. The number of aromatic nitrogens is 1. The predicted molar refractivity (Wildman–Crippen MR) is 129 cm³/mol. The lowest BCUT2D eigenvalue weighted by molar-refractivity contribution is 0.0952. The maximum absolute atomic E-state index is 12.8. The SMILES string of the molecule is Cc1cccc(Cn2c(C)c(C)c3cc(C(=O)NC[C@H](C)c4ccccc4)ccc32)c1. The normalized spacial score (nSPS) is 12.1. The topological polar surface area (TPSA) is 34.0 Å². The van der Waals surface area contributed by atoms with Crippen LogP contribution in [0.25, 0.3) is 10.9 Å². The minimum atomic E-state index is -0.0202. The average Bonchev–Trinajstić information content (AvgIpc) is 3.02. The third-order valence-electron chi connectivity index (χ3n) is 6.26. The van der Waals surface area contributed by atoms with Crippen LogP contribution in [0.5, 0.6) is 0 Å². The molecule has 0 unspecified atom stereocenters. The molecule has 0 aliphatic heterocycles. The van der Waals surface area contributed by atoms with Crippen molar-refractivity contribution in [2.45, 2.75) is 40.2 Å². The van der Waals surface area contributed by atoms with Crippen molar-refractivity contribution in [1.82, 2.24) is 9.88 Å². The van der Waals surface area contributed by atoms with Crippen molar-refractivity contribution in [2.75, 3.05) is 6.54 Å². The molecule has 1 heterocycles. The largest absolute Gasteiger partial charge is 0.351 e. The molecule has 3 nitrogen and oxygen atoms in total. The Bertz CT molecular complexity index is 1220. The highest BCUT2D eigenvalue weighted by atomic mass is 16.1. The quantitative estimate of drug-likeness (QED) is 0.406. The van der Waals surface area contributed by atoms with Gasteiger partial charge in [-0.25, -0.2) is 0 Å². The van der Waals surface area contributed by atoms with Gasteiger partial charge in [0.15, 0.2) is 0 Å². The molecule has 4 aromatic rings. The number of amides is 1. The third-order valence-corrected chi connectivity index (χ3v) is 6.26. The lowest BCUT2D eigenvalue weighted by Gasteiger charge is -2.13. The zero-order valence-electron chi connectivity index (χ0n) is 18.8. The fourth-order valence-electron chi connectivity index (χ4n) is 4.24. The van der Waals surface area contributed by atoms with Crippen molar-refractivity contribution in [2.24, 2.45) is 0 Å². The van der Waals surface area contributed by atoms with Gasteiger partial charge in [0.1, 0.15) is 0 Å². The first-order chi connectivity index (χ1) is 14.9. The van der Waals surface area contributed by atoms with Crippen molar-refractivity contribution < 1.29 is 4.79 Å². The number of hydrogen-bond donors (Lipinski definition) is 1. The molecule has 1 aromatic heterocycles. The van der Waals surface area contributed by atoms with Gasteiger partial charge in [-0.2, -0.15) is 0 Å². The standard InChI is InChI=1S/C28H30N2O/c1-19-9-8-10-23(15-19)18-30-22(4)21(3)26-16-25(13-14-27(26)30)28(31)29-17-20(2)24-11-6-5-7-12-24/h5-16,20H,17-18H2,1-4H3,(H,29,31)/t20-/m0/s1. The van der Waals surface area contributed by atoms with E-state index in [2.05, 4.69) is 80.0 Å². The molecule has 1 N–H and O–H groups in total. The number of nitrogens with zero attached hydrogens (tertiary/aromatic N) is 1. The van der Waals surface area contributed by atoms with Crippen LogP contribution in [-0.2, 0) is 6.54 Å². The highest BCUT2D eigenvalue weighted by Crippen LogP contribution is 2.27. The van der Waals surface area contributed by atoms with E-state index < -0.39 is 0 Å². The summed E-state index contributed by atoms with van der Waals surface area (Å²) in [7, 11) is 0. The molecule has 0 aliphatic rings. The Morgan fingerprint density at radius 1 is 0.935 bits per heavy atom. The van der Waals surface area contributed by atoms with Crippen molar-refractivity contribution in [3.8, 4) is 0 Å². The van der Waals surface area contributed by atoms with Gasteiger partial charge in [0, 0.05) is 35.2 Å². The Kier molecular flexibility index (Phi) is 5.94. The molecule has 1 amide bonds. The van der Waals surface area contributed by atoms with Crippen LogP contribution in [0.3, 0.4) is 0 Å². The van der Waals surface area contributed by atoms with Crippen LogP contribution >= 0.6 is 0 Å². The number of benzene rings is 3. The van der Waals surface area contributed by atoms with Crippen LogP contribution in [0, 0.1) is 20.8 Å². The number of aryl methyl sites for hydroxylation is 2. The molecule has 4 rings (SSSR count). The van der Waals surface area contributed by atoms with E-state index in [1.807, 2.05) is 30.3 Å². The second-order valence-electron chi connectivity index (χ2n) is 8.54. The summed E-state index contributed by atoms with van der Waals surface area (Å²) >= 11 is 0. The van der Waals surface area contributed by atoms with E-state index in [0.717, 1.165) is 11.9 Å². The number of carbonyl (C=O) groups is 1. The summed E-state index contributed by atoms with van der Waals surface area (Å²) in [6.45, 7) is 10.0. The first-order valence-corrected chi connectivity index (χ1v) is 10.9. The average molecular weight is 411 g/mol. The minimum absolute atomic E-state index is 0.0202. The van der Waals surface area contributed by atoms with E-state index in [0.29, 0.717) is 12.1 Å². The lowest BCUT2D eigenvalue weighted by atomic mass is 10.0. The Labute approximate surface area is 184 Å². The van der Waals surface area contributed by atoms with E-state index in [4.69, 9.17) is 0 Å². The van der Waals surface area contributed by atoms with E-state index in [9.17, 15) is 4.79 Å². The van der Waals surface area contributed by atoms with Crippen molar-refractivity contribution in [1.29, 1.82) is 0 Å². The molecule has 31 heavy (non-hydrogen) atoms. The van der Waals surface area contributed by atoms with Crippen LogP contribution in [0.2, 0.25) is 0 Å². The van der Waals surface area contributed by atoms with Gasteiger partial charge < -0.3 is 9.88 Å². The number of hydrogen-bond acceptors (Lipinski definition) is 1. The molecule has 0 spiro atoms. The van der Waals surface area contributed by atoms with E-state index in [1.54, 1.807) is 0 Å². The van der Waals surface area contributed by atoms with E-state index in [1.165, 1.54) is 33.5 Å². The molecule has 1 atom stereocenters. The number of rotatable bonds is 6. The van der Waals surface area contributed by atoms with Crippen molar-refractivity contribution in [3.05, 3.63) is 106 Å². The van der Waals surface area contributed by atoms with Gasteiger partial charge >= 0.3 is 0 Å². The molecule has 0 aliphatic carbocycles. The van der Waals surface area contributed by atoms with Crippen molar-refractivity contribution in [3.63, 3.8) is 0 Å². The second-order valence-corrected chi connectivity index (χ2v) is 8.54. The zero-order chi connectivity index (χ0) is 22.0. The van der Waals surface area contributed by atoms with Gasteiger partial charge in [0.2, 0.25) is 0 Å². The Hall–Kier alpha value is -3.33. The van der Waals surface area contributed by atoms with Gasteiger partial charge in [-0.05, 0) is 61.6 Å². The molecule has 3 aromatic carbocycles. The molecule has 0 radical (unpaired) electrons. The molecular weight excluding hydrogens is 380 g/mol. The molecule has 0 bridgehead atoms. The Morgan fingerprint density at radius 3 is 2.45 bits per heavy atom. The maximum atomic E-state index is 12.8. The maximum Gasteiger partial charge on any atom is 0.251 e. The third kappa shape index (κ3) is 4.41. The van der Waals surface area contributed by atoms with Crippen LogP contribution in [0.1, 0.15) is 51.1 Å². The molecule has 0 saturated heterocycles. The van der Waals surface area contributed by atoms with Crippen LogP contribution in [0.15, 0.2) is 72.8 Å². The summed E-state index contributed by atoms with van der Waals surface area (Å²) in [4.78, 5) is 12.8. The number of nitrogens with one attached hydrogen (secondary N) is 1. The van der Waals surface area contributed by atoms with Crippen LogP contribution in [-0.4, -0.2) is 17.0 Å². The summed E-state index contributed by atoms with van der Waals surface area (Å²) in [5.74, 6) is 0.251. The molecule has 158 valence electrons. The highest BCUT2D eigenvalue weighted by molar-refractivity contribution is 5.99. The van der Waals surface area contributed by atoms with E-state index in [-0.39, 0.29) is 11.8 Å². The smallest absolute Gasteiger partial charge is 0.251 e. The van der Waals surface area contributed by atoms with Crippen LogP contribution in [0.4, 0.5) is 0 Å². The summed E-state index contributed by atoms with van der Waals surface area (Å²) in [6, 6.07) is 25.0. The molecule has 0 saturated carbocycles. The Balaban J connectivity index is 1.55. The van der Waals surface area contributed by atoms with Gasteiger partial charge in [0.25, 0.3) is 5.91 Å². The second kappa shape index (κ2) is 8.81. The summed E-state index contributed by atoms with van der Waals surface area (Å²) in [5.41, 5.74) is 8.15. The number of carbonyl (C=O) groups excluding carboxylic acids is 1. The van der Waals surface area contributed by atoms with Gasteiger partial charge in [0.05, 0.1) is 0 Å². The van der Waals surface area contributed by atoms with Crippen LogP contribution < -0.4 is 5.32 Å². The van der Waals surface area contributed by atoms with Gasteiger partial charge in [-0.3, -0.25) is 4.79 Å². The first kappa shape index (κ1) is 20.9. The number of fused-ring (bicyclic) bond motifs is 1. The van der Waals surface area contributed by atoms with Crippen molar-refractivity contribution >= 4 is 16.8 Å². The fraction of sp³-hybridized carbons (Fsp3) is 0.250. The van der Waals surface area contributed by atoms with E-state index >= 15 is 0 Å². The monoisotopic (exact) mass is 410 g/mol. The first-order valence-electron chi connectivity index (χ1n) is 10.9.